The molecule has 2 rings (SSSR count). The third-order valence-electron chi connectivity index (χ3n) is 4.28. The molecule has 1 unspecified atom stereocenters. The molecule has 156 valence electrons. The summed E-state index contributed by atoms with van der Waals surface area (Å²) in [5, 5.41) is 6.02. The van der Waals surface area contributed by atoms with Crippen molar-refractivity contribution in [2.45, 2.75) is 51.8 Å². The number of nitrogens with one attached hydrogen (secondary N) is 2. The monoisotopic (exact) mass is 392 g/mol. The van der Waals surface area contributed by atoms with Crippen molar-refractivity contribution in [1.82, 2.24) is 10.6 Å². The Morgan fingerprint density at radius 2 is 1.93 bits per heavy atom. The molecule has 1 atom stereocenters. The van der Waals surface area contributed by atoms with Crippen LogP contribution in [-0.2, 0) is 11.3 Å². The number of hydrogen-bond acceptors (Lipinski definition) is 5. The highest BCUT2D eigenvalue weighted by atomic mass is 16.6. The first-order valence-corrected chi connectivity index (χ1v) is 9.46. The molecule has 1 saturated carbocycles. The molecule has 0 radical (unpaired) electrons. The molecule has 8 nitrogen and oxygen atoms in total. The Labute approximate surface area is 166 Å². The molecule has 4 N–H and O–H groups in total. The van der Waals surface area contributed by atoms with E-state index in [1.54, 1.807) is 14.2 Å². The first-order chi connectivity index (χ1) is 13.2. The van der Waals surface area contributed by atoms with E-state index in [2.05, 4.69) is 15.6 Å². The Morgan fingerprint density at radius 3 is 2.50 bits per heavy atom. The Bertz CT molecular complexity index is 696. The zero-order valence-corrected chi connectivity index (χ0v) is 17.4. The molecule has 1 aliphatic rings. The molecule has 0 aromatic heterocycles. The van der Waals surface area contributed by atoms with Gasteiger partial charge in [-0.3, -0.25) is 0 Å². The number of rotatable bonds is 8. The van der Waals surface area contributed by atoms with Gasteiger partial charge in [0.05, 0.1) is 26.8 Å². The van der Waals surface area contributed by atoms with Gasteiger partial charge in [0, 0.05) is 6.54 Å². The summed E-state index contributed by atoms with van der Waals surface area (Å²) in [4.78, 5) is 16.4. The third kappa shape index (κ3) is 7.17. The van der Waals surface area contributed by atoms with Crippen molar-refractivity contribution < 1.29 is 19.0 Å². The lowest BCUT2D eigenvalue weighted by Gasteiger charge is -2.24. The summed E-state index contributed by atoms with van der Waals surface area (Å²) >= 11 is 0. The van der Waals surface area contributed by atoms with Crippen molar-refractivity contribution >= 4 is 12.1 Å². The predicted molar refractivity (Wildman–Crippen MR) is 109 cm³/mol. The summed E-state index contributed by atoms with van der Waals surface area (Å²) in [6.45, 7) is 6.44. The van der Waals surface area contributed by atoms with E-state index in [0.717, 1.165) is 18.4 Å². The van der Waals surface area contributed by atoms with Gasteiger partial charge in [0.2, 0.25) is 0 Å². The lowest BCUT2D eigenvalue weighted by molar-refractivity contribution is 0.0498. The number of hydrogen-bond donors (Lipinski definition) is 3. The smallest absolute Gasteiger partial charge is 0.407 e. The van der Waals surface area contributed by atoms with E-state index in [1.165, 1.54) is 0 Å². The van der Waals surface area contributed by atoms with Gasteiger partial charge < -0.3 is 30.6 Å². The van der Waals surface area contributed by atoms with Crippen molar-refractivity contribution in [3.8, 4) is 11.5 Å². The molecule has 0 saturated heterocycles. The number of aliphatic imine (C=N–C) groups is 1. The molecule has 0 heterocycles. The van der Waals surface area contributed by atoms with Crippen molar-refractivity contribution in [3.05, 3.63) is 23.8 Å². The van der Waals surface area contributed by atoms with Crippen LogP contribution in [0, 0.1) is 5.92 Å². The molecule has 0 bridgehead atoms. The van der Waals surface area contributed by atoms with Crippen molar-refractivity contribution in [2.24, 2.45) is 16.6 Å². The summed E-state index contributed by atoms with van der Waals surface area (Å²) < 4.78 is 15.9. The number of nitrogens with zero attached hydrogens (tertiary/aromatic N) is 1. The van der Waals surface area contributed by atoms with E-state index < -0.39 is 11.7 Å². The van der Waals surface area contributed by atoms with Crippen molar-refractivity contribution in [3.63, 3.8) is 0 Å². The maximum absolute atomic E-state index is 12.0. The zero-order chi connectivity index (χ0) is 20.7. The van der Waals surface area contributed by atoms with Crippen LogP contribution in [0.3, 0.4) is 0 Å². The second-order valence-corrected chi connectivity index (χ2v) is 7.86. The van der Waals surface area contributed by atoms with Crippen LogP contribution >= 0.6 is 0 Å². The predicted octanol–water partition coefficient (Wildman–Crippen LogP) is 2.41. The van der Waals surface area contributed by atoms with Gasteiger partial charge in [-0.1, -0.05) is 6.07 Å². The molecule has 1 aliphatic carbocycles. The lowest BCUT2D eigenvalue weighted by Crippen LogP contribution is -2.48. The fourth-order valence-electron chi connectivity index (χ4n) is 2.72. The van der Waals surface area contributed by atoms with Crippen LogP contribution in [0.2, 0.25) is 0 Å². The minimum absolute atomic E-state index is 0.0373. The Morgan fingerprint density at radius 1 is 1.25 bits per heavy atom. The third-order valence-corrected chi connectivity index (χ3v) is 4.28. The molecule has 1 aromatic carbocycles. The van der Waals surface area contributed by atoms with Gasteiger partial charge in [0.1, 0.15) is 5.60 Å². The van der Waals surface area contributed by atoms with Gasteiger partial charge in [0.25, 0.3) is 0 Å². The number of carbonyl (C=O) groups excluding carboxylic acids is 1. The molecule has 1 fully saturated rings. The molecular weight excluding hydrogens is 360 g/mol. The fourth-order valence-corrected chi connectivity index (χ4v) is 2.72. The summed E-state index contributed by atoms with van der Waals surface area (Å²) in [5.74, 6) is 2.09. The van der Waals surface area contributed by atoms with Gasteiger partial charge >= 0.3 is 6.09 Å². The summed E-state index contributed by atoms with van der Waals surface area (Å²) in [7, 11) is 3.19. The van der Waals surface area contributed by atoms with E-state index in [4.69, 9.17) is 19.9 Å². The Hall–Kier alpha value is -2.64. The van der Waals surface area contributed by atoms with Crippen molar-refractivity contribution in [1.29, 1.82) is 0 Å². The number of guanidine groups is 1. The highest BCUT2D eigenvalue weighted by Gasteiger charge is 2.33. The average Bonchev–Trinajstić information content (AvgIpc) is 3.46. The molecule has 8 heteroatoms. The average molecular weight is 393 g/mol. The van der Waals surface area contributed by atoms with Gasteiger partial charge in [-0.15, -0.1) is 0 Å². The normalized spacial score (nSPS) is 15.5. The fraction of sp³-hybridized carbons (Fsp3) is 0.600. The summed E-state index contributed by atoms with van der Waals surface area (Å²) in [6, 6.07) is 5.58. The number of methoxy groups -OCH3 is 2. The second-order valence-electron chi connectivity index (χ2n) is 7.86. The number of ether oxygens (including phenoxy) is 3. The molecule has 0 spiro atoms. The first kappa shape index (κ1) is 21.7. The molecule has 1 amide bonds. The minimum atomic E-state index is -0.522. The number of nitrogens with two attached hydrogens (primary N) is 1. The van der Waals surface area contributed by atoms with Crippen LogP contribution in [0.25, 0.3) is 0 Å². The molecule has 0 aliphatic heterocycles. The van der Waals surface area contributed by atoms with Crippen LogP contribution < -0.4 is 25.8 Å². The van der Waals surface area contributed by atoms with E-state index in [0.29, 0.717) is 36.5 Å². The number of benzene rings is 1. The number of alkyl carbamates (subject to hydrolysis) is 1. The molecule has 28 heavy (non-hydrogen) atoms. The first-order valence-electron chi connectivity index (χ1n) is 9.46. The summed E-state index contributed by atoms with van der Waals surface area (Å²) in [6.07, 6.45) is 1.77. The highest BCUT2D eigenvalue weighted by molar-refractivity contribution is 5.78. The Balaban J connectivity index is 1.87. The van der Waals surface area contributed by atoms with Gasteiger partial charge in [-0.05, 0) is 57.2 Å². The maximum atomic E-state index is 12.0. The topological polar surface area (TPSA) is 107 Å². The molecule has 1 aromatic rings. The van der Waals surface area contributed by atoms with E-state index in [1.807, 2.05) is 39.0 Å². The van der Waals surface area contributed by atoms with Gasteiger partial charge in [-0.25, -0.2) is 9.79 Å². The van der Waals surface area contributed by atoms with Crippen LogP contribution in [0.15, 0.2) is 23.2 Å². The van der Waals surface area contributed by atoms with Crippen LogP contribution in [0.4, 0.5) is 4.79 Å². The highest BCUT2D eigenvalue weighted by Crippen LogP contribution is 2.32. The van der Waals surface area contributed by atoms with E-state index in [-0.39, 0.29) is 6.04 Å². The Kier molecular flexibility index (Phi) is 7.37. The van der Waals surface area contributed by atoms with Gasteiger partial charge in [-0.2, -0.15) is 0 Å². The van der Waals surface area contributed by atoms with Crippen LogP contribution in [0.1, 0.15) is 39.2 Å². The number of carbonyl (C=O) groups is 1. The lowest BCUT2D eigenvalue weighted by atomic mass is 10.2. The maximum Gasteiger partial charge on any atom is 0.407 e. The van der Waals surface area contributed by atoms with Crippen LogP contribution in [0.5, 0.6) is 11.5 Å². The minimum Gasteiger partial charge on any atom is -0.493 e. The quantitative estimate of drug-likeness (QED) is 0.463. The summed E-state index contributed by atoms with van der Waals surface area (Å²) in [5.41, 5.74) is 6.42. The number of amides is 1. The zero-order valence-electron chi connectivity index (χ0n) is 17.4. The van der Waals surface area contributed by atoms with Crippen molar-refractivity contribution in [2.75, 3.05) is 20.8 Å². The standard InChI is InChI=1S/C20H32N4O4/c1-20(2,3)28-19(25)24-15(14-7-8-14)12-23-18(21)22-11-13-6-9-16(26-4)17(10-13)27-5/h6,9-10,14-15H,7-8,11-12H2,1-5H3,(H,24,25)(H3,21,22,23). The molecular formula is C20H32N4O4. The van der Waals surface area contributed by atoms with Gasteiger partial charge in [0.15, 0.2) is 17.5 Å². The second kappa shape index (κ2) is 9.52. The largest absolute Gasteiger partial charge is 0.493 e. The van der Waals surface area contributed by atoms with E-state index in [9.17, 15) is 4.79 Å². The SMILES string of the molecule is COc1ccc(CN=C(N)NCC(NC(=O)OC(C)(C)C)C2CC2)cc1OC. The van der Waals surface area contributed by atoms with Crippen LogP contribution in [-0.4, -0.2) is 44.5 Å². The van der Waals surface area contributed by atoms with E-state index >= 15 is 0 Å².